The van der Waals surface area contributed by atoms with Gasteiger partial charge in [0, 0.05) is 18.6 Å². The van der Waals surface area contributed by atoms with Crippen molar-refractivity contribution in [1.82, 2.24) is 0 Å². The van der Waals surface area contributed by atoms with E-state index in [1.807, 2.05) is 30.4 Å². The normalized spacial score (nSPS) is 16.0. The first kappa shape index (κ1) is 13.2. The van der Waals surface area contributed by atoms with Crippen LogP contribution < -0.4 is 9.47 Å². The molecule has 3 rings (SSSR count). The third kappa shape index (κ3) is 2.89. The Morgan fingerprint density at radius 2 is 1.95 bits per heavy atom. The predicted octanol–water partition coefficient (Wildman–Crippen LogP) is 3.46. The van der Waals surface area contributed by atoms with Gasteiger partial charge in [0.05, 0.1) is 0 Å². The van der Waals surface area contributed by atoms with E-state index in [9.17, 15) is 9.90 Å². The van der Waals surface area contributed by atoms with Gasteiger partial charge >= 0.3 is 5.97 Å². The van der Waals surface area contributed by atoms with Gasteiger partial charge in [0.1, 0.15) is 23.4 Å². The number of fused-ring (bicyclic) bond motifs is 1. The van der Waals surface area contributed by atoms with Gasteiger partial charge in [-0.3, -0.25) is 4.79 Å². The summed E-state index contributed by atoms with van der Waals surface area (Å²) < 4.78 is 11.0. The van der Waals surface area contributed by atoms with Crippen LogP contribution in [0.1, 0.15) is 24.2 Å². The van der Waals surface area contributed by atoms with Gasteiger partial charge in [0.25, 0.3) is 0 Å². The van der Waals surface area contributed by atoms with Gasteiger partial charge in [-0.15, -0.1) is 0 Å². The van der Waals surface area contributed by atoms with Crippen LogP contribution in [0.3, 0.4) is 0 Å². The standard InChI is InChI=1S/C17H14O4/c1-11(18)20-15-8-4-13-5-9-16(21-17(13)10-15)12-2-6-14(19)7-3-12/h2-10,16,19H,1H3. The maximum Gasteiger partial charge on any atom is 0.308 e. The van der Waals surface area contributed by atoms with Crippen LogP contribution in [0, 0.1) is 0 Å². The van der Waals surface area contributed by atoms with E-state index in [4.69, 9.17) is 9.47 Å². The summed E-state index contributed by atoms with van der Waals surface area (Å²) in [5, 5.41) is 9.33. The molecule has 0 bridgehead atoms. The number of carbonyl (C=O) groups is 1. The monoisotopic (exact) mass is 282 g/mol. The van der Waals surface area contributed by atoms with Gasteiger partial charge in [-0.05, 0) is 35.9 Å². The molecule has 0 aromatic heterocycles. The molecule has 4 nitrogen and oxygen atoms in total. The first-order valence-corrected chi connectivity index (χ1v) is 6.58. The Bertz CT molecular complexity index is 701. The molecule has 1 aliphatic rings. The zero-order valence-electron chi connectivity index (χ0n) is 11.4. The van der Waals surface area contributed by atoms with Crippen LogP contribution in [0.5, 0.6) is 17.2 Å². The molecule has 0 saturated heterocycles. The second kappa shape index (κ2) is 5.32. The van der Waals surface area contributed by atoms with E-state index in [1.54, 1.807) is 24.3 Å². The number of hydrogen-bond acceptors (Lipinski definition) is 4. The van der Waals surface area contributed by atoms with Crippen LogP contribution in [0.25, 0.3) is 6.08 Å². The van der Waals surface area contributed by atoms with E-state index in [0.29, 0.717) is 11.5 Å². The first-order chi connectivity index (χ1) is 10.1. The number of phenolic OH excluding ortho intramolecular Hbond substituents is 1. The second-order valence-electron chi connectivity index (χ2n) is 4.78. The number of hydrogen-bond donors (Lipinski definition) is 1. The molecule has 1 atom stereocenters. The lowest BCUT2D eigenvalue weighted by molar-refractivity contribution is -0.131. The van der Waals surface area contributed by atoms with E-state index in [-0.39, 0.29) is 17.8 Å². The minimum Gasteiger partial charge on any atom is -0.508 e. The Labute approximate surface area is 122 Å². The number of carbonyl (C=O) groups excluding carboxylic acids is 1. The van der Waals surface area contributed by atoms with Crippen molar-refractivity contribution < 1.29 is 19.4 Å². The Balaban J connectivity index is 1.86. The Hall–Kier alpha value is -2.75. The molecule has 0 fully saturated rings. The molecule has 0 aliphatic carbocycles. The van der Waals surface area contributed by atoms with Crippen LogP contribution in [-0.2, 0) is 4.79 Å². The molecule has 1 unspecified atom stereocenters. The lowest BCUT2D eigenvalue weighted by Gasteiger charge is -2.22. The topological polar surface area (TPSA) is 55.8 Å². The van der Waals surface area contributed by atoms with Gasteiger partial charge in [-0.25, -0.2) is 0 Å². The second-order valence-corrected chi connectivity index (χ2v) is 4.78. The van der Waals surface area contributed by atoms with E-state index in [1.165, 1.54) is 6.92 Å². The van der Waals surface area contributed by atoms with Crippen molar-refractivity contribution in [3.05, 3.63) is 59.7 Å². The molecule has 2 aromatic carbocycles. The van der Waals surface area contributed by atoms with Crippen LogP contribution >= 0.6 is 0 Å². The van der Waals surface area contributed by atoms with Crippen LogP contribution in [0.15, 0.2) is 48.5 Å². The number of phenols is 1. The molecule has 4 heteroatoms. The van der Waals surface area contributed by atoms with Crippen molar-refractivity contribution >= 4 is 12.0 Å². The Kier molecular flexibility index (Phi) is 3.36. The summed E-state index contributed by atoms with van der Waals surface area (Å²) >= 11 is 0. The molecule has 0 amide bonds. The summed E-state index contributed by atoms with van der Waals surface area (Å²) in [6, 6.07) is 12.1. The molecule has 1 aliphatic heterocycles. The number of benzene rings is 2. The maximum atomic E-state index is 11.0. The zero-order valence-corrected chi connectivity index (χ0v) is 11.4. The highest BCUT2D eigenvalue weighted by molar-refractivity contribution is 5.70. The van der Waals surface area contributed by atoms with Gasteiger partial charge in [0.2, 0.25) is 0 Å². The largest absolute Gasteiger partial charge is 0.508 e. The lowest BCUT2D eigenvalue weighted by atomic mass is 10.0. The predicted molar refractivity (Wildman–Crippen MR) is 78.3 cm³/mol. The molecule has 106 valence electrons. The fourth-order valence-corrected chi connectivity index (χ4v) is 2.19. The highest BCUT2D eigenvalue weighted by Crippen LogP contribution is 2.35. The third-order valence-corrected chi connectivity index (χ3v) is 3.17. The van der Waals surface area contributed by atoms with Gasteiger partial charge in [-0.2, -0.15) is 0 Å². The van der Waals surface area contributed by atoms with Crippen molar-refractivity contribution in [2.24, 2.45) is 0 Å². The van der Waals surface area contributed by atoms with E-state index in [0.717, 1.165) is 11.1 Å². The van der Waals surface area contributed by atoms with Crippen LogP contribution in [0.2, 0.25) is 0 Å². The summed E-state index contributed by atoms with van der Waals surface area (Å²) in [6.07, 6.45) is 3.68. The average molecular weight is 282 g/mol. The molecular formula is C17H14O4. The van der Waals surface area contributed by atoms with Crippen LogP contribution in [-0.4, -0.2) is 11.1 Å². The Morgan fingerprint density at radius 3 is 2.67 bits per heavy atom. The van der Waals surface area contributed by atoms with E-state index < -0.39 is 0 Å². The molecule has 2 aromatic rings. The number of ether oxygens (including phenoxy) is 2. The molecular weight excluding hydrogens is 268 g/mol. The van der Waals surface area contributed by atoms with E-state index in [2.05, 4.69) is 0 Å². The number of esters is 1. The van der Waals surface area contributed by atoms with E-state index >= 15 is 0 Å². The Morgan fingerprint density at radius 1 is 1.19 bits per heavy atom. The zero-order chi connectivity index (χ0) is 14.8. The summed E-state index contributed by atoms with van der Waals surface area (Å²) in [7, 11) is 0. The number of rotatable bonds is 2. The average Bonchev–Trinajstić information content (AvgIpc) is 2.46. The fraction of sp³-hybridized carbons (Fsp3) is 0.118. The van der Waals surface area contributed by atoms with Crippen molar-refractivity contribution in [2.45, 2.75) is 13.0 Å². The first-order valence-electron chi connectivity index (χ1n) is 6.58. The summed E-state index contributed by atoms with van der Waals surface area (Å²) in [4.78, 5) is 11.0. The molecule has 1 N–H and O–H groups in total. The number of aromatic hydroxyl groups is 1. The fourth-order valence-electron chi connectivity index (χ4n) is 2.19. The highest BCUT2D eigenvalue weighted by atomic mass is 16.5. The van der Waals surface area contributed by atoms with Crippen molar-refractivity contribution in [3.8, 4) is 17.2 Å². The highest BCUT2D eigenvalue weighted by Gasteiger charge is 2.17. The van der Waals surface area contributed by atoms with Crippen molar-refractivity contribution in [2.75, 3.05) is 0 Å². The molecule has 21 heavy (non-hydrogen) atoms. The summed E-state index contributed by atoms with van der Waals surface area (Å²) in [5.74, 6) is 0.975. The molecule has 1 heterocycles. The molecule has 0 radical (unpaired) electrons. The third-order valence-electron chi connectivity index (χ3n) is 3.17. The summed E-state index contributed by atoms with van der Waals surface area (Å²) in [5.41, 5.74) is 1.87. The van der Waals surface area contributed by atoms with Gasteiger partial charge in [0.15, 0.2) is 0 Å². The maximum absolute atomic E-state index is 11.0. The van der Waals surface area contributed by atoms with Gasteiger partial charge in [-0.1, -0.05) is 18.2 Å². The quantitative estimate of drug-likeness (QED) is 0.677. The van der Waals surface area contributed by atoms with Crippen molar-refractivity contribution in [3.63, 3.8) is 0 Å². The SMILES string of the molecule is CC(=O)Oc1ccc2c(c1)OC(c1ccc(O)cc1)C=C2. The van der Waals surface area contributed by atoms with Gasteiger partial charge < -0.3 is 14.6 Å². The summed E-state index contributed by atoms with van der Waals surface area (Å²) in [6.45, 7) is 1.36. The smallest absolute Gasteiger partial charge is 0.308 e. The molecule has 0 saturated carbocycles. The van der Waals surface area contributed by atoms with Crippen molar-refractivity contribution in [1.29, 1.82) is 0 Å². The lowest BCUT2D eigenvalue weighted by Crippen LogP contribution is -2.09. The minimum absolute atomic E-state index is 0.219. The minimum atomic E-state index is -0.364. The van der Waals surface area contributed by atoms with Crippen LogP contribution in [0.4, 0.5) is 0 Å². The molecule has 0 spiro atoms.